The van der Waals surface area contributed by atoms with Crippen molar-refractivity contribution < 1.29 is 14.7 Å². The Labute approximate surface area is 144 Å². The van der Waals surface area contributed by atoms with Crippen molar-refractivity contribution in [3.05, 3.63) is 46.8 Å². The van der Waals surface area contributed by atoms with Gasteiger partial charge in [0, 0.05) is 16.6 Å². The number of thiazole rings is 1. The molecule has 1 aromatic heterocycles. The molecule has 1 aromatic carbocycles. The van der Waals surface area contributed by atoms with Gasteiger partial charge in [0.15, 0.2) is 0 Å². The lowest BCUT2D eigenvalue weighted by molar-refractivity contribution is -0.146. The van der Waals surface area contributed by atoms with Gasteiger partial charge in [-0.3, -0.25) is 9.59 Å². The number of hydrogen-bond donors (Lipinski definition) is 2. The number of carboxylic acids is 1. The van der Waals surface area contributed by atoms with Crippen LogP contribution in [0.15, 0.2) is 41.8 Å². The van der Waals surface area contributed by atoms with Crippen LogP contribution in [0.4, 0.5) is 5.69 Å². The van der Waals surface area contributed by atoms with Crippen molar-refractivity contribution in [3.8, 4) is 11.3 Å². The Kier molecular flexibility index (Phi) is 4.76. The summed E-state index contributed by atoms with van der Waals surface area (Å²) in [6.07, 6.45) is 4.55. The summed E-state index contributed by atoms with van der Waals surface area (Å²) in [5.41, 5.74) is 2.56. The predicted octanol–water partition coefficient (Wildman–Crippen LogP) is 3.72. The number of nitrogens with one attached hydrogen (secondary N) is 1. The number of rotatable bonds is 4. The van der Waals surface area contributed by atoms with Gasteiger partial charge >= 0.3 is 5.97 Å². The van der Waals surface area contributed by atoms with E-state index in [9.17, 15) is 14.7 Å². The molecule has 1 aliphatic rings. The van der Waals surface area contributed by atoms with E-state index in [1.165, 1.54) is 0 Å². The summed E-state index contributed by atoms with van der Waals surface area (Å²) < 4.78 is 0. The number of aromatic nitrogens is 1. The molecule has 0 aliphatic heterocycles. The minimum atomic E-state index is -0.922. The minimum absolute atomic E-state index is 0.246. The molecule has 1 aliphatic carbocycles. The molecule has 24 heavy (non-hydrogen) atoms. The van der Waals surface area contributed by atoms with Crippen LogP contribution in [-0.2, 0) is 9.59 Å². The monoisotopic (exact) mass is 342 g/mol. The highest BCUT2D eigenvalue weighted by atomic mass is 32.1. The van der Waals surface area contributed by atoms with E-state index in [1.54, 1.807) is 11.3 Å². The first kappa shape index (κ1) is 16.4. The molecule has 2 unspecified atom stereocenters. The summed E-state index contributed by atoms with van der Waals surface area (Å²) in [6, 6.07) is 7.44. The van der Waals surface area contributed by atoms with Gasteiger partial charge in [0.05, 0.1) is 22.5 Å². The molecular weight excluding hydrogens is 324 g/mol. The van der Waals surface area contributed by atoms with Crippen molar-refractivity contribution in [2.24, 2.45) is 11.8 Å². The summed E-state index contributed by atoms with van der Waals surface area (Å²) in [6.45, 7) is 1.96. The Balaban J connectivity index is 1.70. The smallest absolute Gasteiger partial charge is 0.307 e. The van der Waals surface area contributed by atoms with Crippen molar-refractivity contribution in [2.75, 3.05) is 5.32 Å². The maximum absolute atomic E-state index is 12.4. The molecule has 0 fully saturated rings. The Hall–Kier alpha value is -2.47. The van der Waals surface area contributed by atoms with Gasteiger partial charge in [-0.1, -0.05) is 24.3 Å². The quantitative estimate of drug-likeness (QED) is 0.830. The summed E-state index contributed by atoms with van der Waals surface area (Å²) in [5.74, 6) is -2.36. The first-order chi connectivity index (χ1) is 11.5. The second-order valence-corrected chi connectivity index (χ2v) is 6.87. The number of amides is 1. The number of allylic oxidation sites excluding steroid dienone is 2. The predicted molar refractivity (Wildman–Crippen MR) is 93.9 cm³/mol. The van der Waals surface area contributed by atoms with Gasteiger partial charge in [0.25, 0.3) is 0 Å². The largest absolute Gasteiger partial charge is 0.481 e. The van der Waals surface area contributed by atoms with Gasteiger partial charge in [-0.05, 0) is 31.9 Å². The second-order valence-electron chi connectivity index (χ2n) is 5.81. The average Bonchev–Trinajstić information content (AvgIpc) is 3.02. The maximum atomic E-state index is 12.4. The van der Waals surface area contributed by atoms with E-state index in [1.807, 2.05) is 48.7 Å². The van der Waals surface area contributed by atoms with Crippen LogP contribution in [0.1, 0.15) is 17.8 Å². The summed E-state index contributed by atoms with van der Waals surface area (Å²) in [5, 5.41) is 15.1. The fourth-order valence-electron chi connectivity index (χ4n) is 2.83. The fourth-order valence-corrected chi connectivity index (χ4v) is 3.45. The molecule has 1 amide bonds. The highest BCUT2D eigenvalue weighted by Gasteiger charge is 2.33. The van der Waals surface area contributed by atoms with Crippen molar-refractivity contribution >= 4 is 28.9 Å². The molecule has 1 heterocycles. The molecule has 0 bridgehead atoms. The molecule has 124 valence electrons. The van der Waals surface area contributed by atoms with E-state index >= 15 is 0 Å². The Morgan fingerprint density at radius 2 is 1.83 bits per heavy atom. The third-order valence-corrected chi connectivity index (χ3v) is 4.93. The Morgan fingerprint density at radius 3 is 2.42 bits per heavy atom. The normalized spacial score (nSPS) is 19.9. The van der Waals surface area contributed by atoms with Crippen LogP contribution in [0.3, 0.4) is 0 Å². The van der Waals surface area contributed by atoms with Gasteiger partial charge in [0.1, 0.15) is 0 Å². The average molecular weight is 342 g/mol. The molecule has 3 rings (SSSR count). The number of aryl methyl sites for hydroxylation is 1. The van der Waals surface area contributed by atoms with E-state index in [4.69, 9.17) is 0 Å². The van der Waals surface area contributed by atoms with Gasteiger partial charge in [0.2, 0.25) is 5.91 Å². The third kappa shape index (κ3) is 3.54. The standard InChI is InChI=1S/C18H18N2O3S/c1-11-19-16(10-24-11)12-6-8-13(9-7-12)20-17(21)14-4-2-3-5-15(14)18(22)23/h2-3,6-10,14-15H,4-5H2,1H3,(H,20,21)(H,22,23). The molecule has 5 nitrogen and oxygen atoms in total. The van der Waals surface area contributed by atoms with E-state index in [-0.39, 0.29) is 5.91 Å². The second kappa shape index (κ2) is 6.97. The lowest BCUT2D eigenvalue weighted by Gasteiger charge is -2.24. The van der Waals surface area contributed by atoms with Gasteiger partial charge in [-0.2, -0.15) is 0 Å². The number of aliphatic carboxylic acids is 1. The number of benzene rings is 1. The van der Waals surface area contributed by atoms with Crippen LogP contribution in [0.5, 0.6) is 0 Å². The summed E-state index contributed by atoms with van der Waals surface area (Å²) in [4.78, 5) is 28.2. The zero-order valence-corrected chi connectivity index (χ0v) is 14.0. The van der Waals surface area contributed by atoms with Gasteiger partial charge < -0.3 is 10.4 Å². The molecule has 0 spiro atoms. The van der Waals surface area contributed by atoms with Crippen LogP contribution < -0.4 is 5.32 Å². The Bertz CT molecular complexity index is 780. The van der Waals surface area contributed by atoms with Crippen LogP contribution in [0.25, 0.3) is 11.3 Å². The molecule has 2 N–H and O–H groups in total. The topological polar surface area (TPSA) is 79.3 Å². The lowest BCUT2D eigenvalue weighted by Crippen LogP contribution is -2.34. The van der Waals surface area contributed by atoms with Crippen LogP contribution in [0, 0.1) is 18.8 Å². The molecular formula is C18H18N2O3S. The number of carbonyl (C=O) groups excluding carboxylic acids is 1. The van der Waals surface area contributed by atoms with E-state index in [2.05, 4.69) is 10.3 Å². The van der Waals surface area contributed by atoms with E-state index in [0.29, 0.717) is 18.5 Å². The van der Waals surface area contributed by atoms with Crippen molar-refractivity contribution in [1.82, 2.24) is 4.98 Å². The highest BCUT2D eigenvalue weighted by molar-refractivity contribution is 7.09. The summed E-state index contributed by atoms with van der Waals surface area (Å²) in [7, 11) is 0. The number of nitrogens with zero attached hydrogens (tertiary/aromatic N) is 1. The summed E-state index contributed by atoms with van der Waals surface area (Å²) >= 11 is 1.59. The minimum Gasteiger partial charge on any atom is -0.481 e. The van der Waals surface area contributed by atoms with Crippen molar-refractivity contribution in [3.63, 3.8) is 0 Å². The van der Waals surface area contributed by atoms with Crippen LogP contribution in [0.2, 0.25) is 0 Å². The number of hydrogen-bond acceptors (Lipinski definition) is 4. The first-order valence-corrected chi connectivity index (χ1v) is 8.64. The fraction of sp³-hybridized carbons (Fsp3) is 0.278. The van der Waals surface area contributed by atoms with E-state index < -0.39 is 17.8 Å². The molecule has 2 aromatic rings. The number of anilines is 1. The van der Waals surface area contributed by atoms with E-state index in [0.717, 1.165) is 16.3 Å². The van der Waals surface area contributed by atoms with Crippen LogP contribution in [-0.4, -0.2) is 22.0 Å². The maximum Gasteiger partial charge on any atom is 0.307 e. The van der Waals surface area contributed by atoms with Gasteiger partial charge in [-0.15, -0.1) is 11.3 Å². The molecule has 2 atom stereocenters. The van der Waals surface area contributed by atoms with Crippen LogP contribution >= 0.6 is 11.3 Å². The Morgan fingerprint density at radius 1 is 1.17 bits per heavy atom. The first-order valence-electron chi connectivity index (χ1n) is 7.76. The zero-order chi connectivity index (χ0) is 17.1. The van der Waals surface area contributed by atoms with Crippen molar-refractivity contribution in [2.45, 2.75) is 19.8 Å². The highest BCUT2D eigenvalue weighted by Crippen LogP contribution is 2.28. The van der Waals surface area contributed by atoms with Gasteiger partial charge in [-0.25, -0.2) is 4.98 Å². The lowest BCUT2D eigenvalue weighted by atomic mass is 9.82. The van der Waals surface area contributed by atoms with Crippen molar-refractivity contribution in [1.29, 1.82) is 0 Å². The number of carbonyl (C=O) groups is 2. The number of carboxylic acid groups (broad SMARTS) is 1. The molecule has 0 saturated heterocycles. The molecule has 0 radical (unpaired) electrons. The third-order valence-electron chi connectivity index (χ3n) is 4.15. The molecule has 6 heteroatoms. The molecule has 0 saturated carbocycles. The zero-order valence-electron chi connectivity index (χ0n) is 13.2. The SMILES string of the molecule is Cc1nc(-c2ccc(NC(=O)C3CC=CCC3C(=O)O)cc2)cs1.